The van der Waals surface area contributed by atoms with Crippen LogP contribution in [0.1, 0.15) is 37.2 Å². The van der Waals surface area contributed by atoms with Crippen LogP contribution < -0.4 is 9.47 Å². The molecule has 4 nitrogen and oxygen atoms in total. The summed E-state index contributed by atoms with van der Waals surface area (Å²) in [6.45, 7) is 3.88. The third-order valence-electron chi connectivity index (χ3n) is 2.16. The highest BCUT2D eigenvalue weighted by molar-refractivity contribution is 5.76. The Balaban J connectivity index is 2.19. The SMILES string of the molecule is CC(C)Oc1cnc(C=O)c(OC2CC2)c1. The van der Waals surface area contributed by atoms with Crippen molar-refractivity contribution in [3.8, 4) is 11.5 Å². The van der Waals surface area contributed by atoms with Gasteiger partial charge < -0.3 is 9.47 Å². The quantitative estimate of drug-likeness (QED) is 0.715. The van der Waals surface area contributed by atoms with Crippen molar-refractivity contribution >= 4 is 6.29 Å². The molecule has 0 aliphatic heterocycles. The van der Waals surface area contributed by atoms with Crippen molar-refractivity contribution in [2.45, 2.75) is 38.9 Å². The largest absolute Gasteiger partial charge is 0.489 e. The maximum atomic E-state index is 10.8. The Kier molecular flexibility index (Phi) is 3.08. The third kappa shape index (κ3) is 2.72. The maximum Gasteiger partial charge on any atom is 0.172 e. The molecule has 1 fully saturated rings. The van der Waals surface area contributed by atoms with Crippen LogP contribution in [0.4, 0.5) is 0 Å². The molecule has 0 radical (unpaired) electrons. The number of ether oxygens (including phenoxy) is 2. The summed E-state index contributed by atoms with van der Waals surface area (Å²) in [6, 6.07) is 1.73. The van der Waals surface area contributed by atoms with E-state index in [0.717, 1.165) is 12.8 Å². The Bertz CT molecular complexity index is 386. The summed E-state index contributed by atoms with van der Waals surface area (Å²) >= 11 is 0. The van der Waals surface area contributed by atoms with Gasteiger partial charge in [-0.3, -0.25) is 4.79 Å². The van der Waals surface area contributed by atoms with Gasteiger partial charge in [0.25, 0.3) is 0 Å². The Morgan fingerprint density at radius 2 is 2.25 bits per heavy atom. The first kappa shape index (κ1) is 10.9. The summed E-state index contributed by atoms with van der Waals surface area (Å²) in [5, 5.41) is 0. The van der Waals surface area contributed by atoms with Crippen LogP contribution in [0, 0.1) is 0 Å². The van der Waals surface area contributed by atoms with Crippen molar-refractivity contribution in [1.82, 2.24) is 4.98 Å². The van der Waals surface area contributed by atoms with Crippen LogP contribution in [0.2, 0.25) is 0 Å². The topological polar surface area (TPSA) is 48.4 Å². The van der Waals surface area contributed by atoms with Crippen molar-refractivity contribution in [2.24, 2.45) is 0 Å². The van der Waals surface area contributed by atoms with Crippen LogP contribution in [0.3, 0.4) is 0 Å². The minimum atomic E-state index is 0.0812. The van der Waals surface area contributed by atoms with Gasteiger partial charge in [0.15, 0.2) is 12.0 Å². The molecule has 2 rings (SSSR count). The number of carbonyl (C=O) groups is 1. The molecule has 1 aliphatic rings. The highest BCUT2D eigenvalue weighted by atomic mass is 16.5. The number of carbonyl (C=O) groups excluding carboxylic acids is 1. The lowest BCUT2D eigenvalue weighted by Gasteiger charge is -2.12. The number of aromatic nitrogens is 1. The molecule has 0 unspecified atom stereocenters. The van der Waals surface area contributed by atoms with E-state index < -0.39 is 0 Å². The lowest BCUT2D eigenvalue weighted by molar-refractivity contribution is 0.111. The smallest absolute Gasteiger partial charge is 0.172 e. The van der Waals surface area contributed by atoms with E-state index in [1.807, 2.05) is 13.8 Å². The molecule has 0 saturated heterocycles. The average molecular weight is 221 g/mol. The minimum absolute atomic E-state index is 0.0812. The van der Waals surface area contributed by atoms with Gasteiger partial charge in [-0.1, -0.05) is 0 Å². The van der Waals surface area contributed by atoms with Gasteiger partial charge in [-0.15, -0.1) is 0 Å². The van der Waals surface area contributed by atoms with Crippen LogP contribution in [0.25, 0.3) is 0 Å². The van der Waals surface area contributed by atoms with Crippen LogP contribution in [0.5, 0.6) is 11.5 Å². The molecule has 1 aliphatic carbocycles. The van der Waals surface area contributed by atoms with Crippen molar-refractivity contribution in [1.29, 1.82) is 0 Å². The second-order valence-electron chi connectivity index (χ2n) is 4.16. The Hall–Kier alpha value is -1.58. The zero-order valence-electron chi connectivity index (χ0n) is 9.47. The Morgan fingerprint density at radius 3 is 2.81 bits per heavy atom. The van der Waals surface area contributed by atoms with Crippen LogP contribution >= 0.6 is 0 Å². The van der Waals surface area contributed by atoms with E-state index in [4.69, 9.17) is 9.47 Å². The van der Waals surface area contributed by atoms with Gasteiger partial charge >= 0.3 is 0 Å². The standard InChI is InChI=1S/C12H15NO3/c1-8(2)15-10-5-12(16-9-3-4-9)11(7-14)13-6-10/h5-9H,3-4H2,1-2H3. The van der Waals surface area contributed by atoms with Gasteiger partial charge in [-0.05, 0) is 26.7 Å². The molecule has 86 valence electrons. The molecular weight excluding hydrogens is 206 g/mol. The van der Waals surface area contributed by atoms with Gasteiger partial charge in [0.1, 0.15) is 11.4 Å². The molecule has 1 heterocycles. The highest BCUT2D eigenvalue weighted by Crippen LogP contribution is 2.30. The second-order valence-corrected chi connectivity index (χ2v) is 4.16. The average Bonchev–Trinajstić information content (AvgIpc) is 3.01. The van der Waals surface area contributed by atoms with E-state index in [1.165, 1.54) is 0 Å². The van der Waals surface area contributed by atoms with Gasteiger partial charge in [0.05, 0.1) is 18.4 Å². The molecule has 0 aromatic carbocycles. The molecule has 0 atom stereocenters. The fraction of sp³-hybridized carbons (Fsp3) is 0.500. The summed E-state index contributed by atoms with van der Waals surface area (Å²) in [5.41, 5.74) is 0.336. The molecule has 1 aromatic heterocycles. The second kappa shape index (κ2) is 4.51. The predicted molar refractivity (Wildman–Crippen MR) is 59.0 cm³/mol. The monoisotopic (exact) mass is 221 g/mol. The number of nitrogens with zero attached hydrogens (tertiary/aromatic N) is 1. The number of rotatable bonds is 5. The lowest BCUT2D eigenvalue weighted by atomic mass is 10.3. The van der Waals surface area contributed by atoms with Gasteiger partial charge in [0, 0.05) is 6.07 Å². The number of pyridine rings is 1. The molecule has 1 saturated carbocycles. The van der Waals surface area contributed by atoms with Crippen molar-refractivity contribution in [3.05, 3.63) is 18.0 Å². The zero-order valence-corrected chi connectivity index (χ0v) is 9.47. The lowest BCUT2D eigenvalue weighted by Crippen LogP contribution is -2.07. The Morgan fingerprint density at radius 1 is 1.50 bits per heavy atom. The van der Waals surface area contributed by atoms with Gasteiger partial charge in [-0.2, -0.15) is 0 Å². The first-order chi connectivity index (χ1) is 7.69. The van der Waals surface area contributed by atoms with Crippen molar-refractivity contribution in [2.75, 3.05) is 0 Å². The normalized spacial score (nSPS) is 14.9. The first-order valence-corrected chi connectivity index (χ1v) is 5.47. The van der Waals surface area contributed by atoms with Crippen LogP contribution in [-0.4, -0.2) is 23.5 Å². The van der Waals surface area contributed by atoms with Gasteiger partial charge in [-0.25, -0.2) is 4.98 Å². The molecule has 0 N–H and O–H groups in total. The summed E-state index contributed by atoms with van der Waals surface area (Å²) in [5.74, 6) is 1.16. The summed E-state index contributed by atoms with van der Waals surface area (Å²) in [7, 11) is 0. The zero-order chi connectivity index (χ0) is 11.5. The van der Waals surface area contributed by atoms with Gasteiger partial charge in [0.2, 0.25) is 0 Å². The molecule has 0 spiro atoms. The number of aldehydes is 1. The van der Waals surface area contributed by atoms with E-state index >= 15 is 0 Å². The fourth-order valence-electron chi connectivity index (χ4n) is 1.32. The molecular formula is C12H15NO3. The Labute approximate surface area is 94.6 Å². The van der Waals surface area contributed by atoms with E-state index in [9.17, 15) is 4.79 Å². The number of hydrogen-bond acceptors (Lipinski definition) is 4. The summed E-state index contributed by atoms with van der Waals surface area (Å²) in [6.07, 6.45) is 4.68. The number of hydrogen-bond donors (Lipinski definition) is 0. The summed E-state index contributed by atoms with van der Waals surface area (Å²) < 4.78 is 11.1. The van der Waals surface area contributed by atoms with Crippen molar-refractivity contribution in [3.63, 3.8) is 0 Å². The minimum Gasteiger partial charge on any atom is -0.489 e. The molecule has 16 heavy (non-hydrogen) atoms. The predicted octanol–water partition coefficient (Wildman–Crippen LogP) is 2.22. The van der Waals surface area contributed by atoms with E-state index in [0.29, 0.717) is 23.5 Å². The van der Waals surface area contributed by atoms with Crippen LogP contribution in [0.15, 0.2) is 12.3 Å². The van der Waals surface area contributed by atoms with E-state index in [-0.39, 0.29) is 12.2 Å². The first-order valence-electron chi connectivity index (χ1n) is 5.47. The molecule has 1 aromatic rings. The molecule has 0 amide bonds. The summed E-state index contributed by atoms with van der Waals surface area (Å²) in [4.78, 5) is 14.8. The maximum absolute atomic E-state index is 10.8. The van der Waals surface area contributed by atoms with E-state index in [2.05, 4.69) is 4.98 Å². The van der Waals surface area contributed by atoms with Crippen molar-refractivity contribution < 1.29 is 14.3 Å². The molecule has 4 heteroatoms. The fourth-order valence-corrected chi connectivity index (χ4v) is 1.32. The highest BCUT2D eigenvalue weighted by Gasteiger charge is 2.25. The van der Waals surface area contributed by atoms with E-state index in [1.54, 1.807) is 12.3 Å². The molecule has 0 bridgehead atoms. The third-order valence-corrected chi connectivity index (χ3v) is 2.16. The van der Waals surface area contributed by atoms with Crippen LogP contribution in [-0.2, 0) is 0 Å².